The molecule has 0 aromatic carbocycles. The zero-order chi connectivity index (χ0) is 43.0. The van der Waals surface area contributed by atoms with E-state index in [9.17, 15) is 29.7 Å². The Labute approximate surface area is 346 Å². The van der Waals surface area contributed by atoms with Crippen LogP contribution in [0.25, 0.3) is 0 Å². The smallest absolute Gasteiger partial charge is 0.407 e. The predicted octanol–water partition coefficient (Wildman–Crippen LogP) is 6.94. The first-order chi connectivity index (χ1) is 27.2. The Bertz CT molecular complexity index is 1480. The minimum absolute atomic E-state index is 0.0201. The molecule has 0 aliphatic carbocycles. The minimum atomic E-state index is -1.35. The second-order valence-corrected chi connectivity index (χ2v) is 18.8. The van der Waals surface area contributed by atoms with Gasteiger partial charge in [-0.1, -0.05) is 61.5 Å². The Hall–Kier alpha value is -2.13. The van der Waals surface area contributed by atoms with Crippen molar-refractivity contribution in [2.45, 2.75) is 206 Å². The largest absolute Gasteiger partial charge is 0.481 e. The molecule has 0 bridgehead atoms. The summed E-state index contributed by atoms with van der Waals surface area (Å²) in [7, 11) is 0. The van der Waals surface area contributed by atoms with Crippen LogP contribution < -0.4 is 5.32 Å². The molecule has 0 saturated carbocycles. The molecule has 18 atom stereocenters. The van der Waals surface area contributed by atoms with Gasteiger partial charge < -0.3 is 49.1 Å². The van der Waals surface area contributed by atoms with E-state index in [2.05, 4.69) is 26.1 Å². The predicted molar refractivity (Wildman–Crippen MR) is 217 cm³/mol. The maximum absolute atomic E-state index is 14.6. The summed E-state index contributed by atoms with van der Waals surface area (Å²) < 4.78 is 39.5. The van der Waals surface area contributed by atoms with Gasteiger partial charge in [0.15, 0.2) is 11.6 Å². The van der Waals surface area contributed by atoms with Gasteiger partial charge >= 0.3 is 12.1 Å². The summed E-state index contributed by atoms with van der Waals surface area (Å²) in [4.78, 5) is 39.5. The van der Waals surface area contributed by atoms with Gasteiger partial charge in [0.05, 0.1) is 60.4 Å². The van der Waals surface area contributed by atoms with Crippen molar-refractivity contribution in [3.05, 3.63) is 12.2 Å². The maximum atomic E-state index is 14.6. The number of hydrogen-bond acceptors (Lipinski definition) is 11. The molecule has 4 fully saturated rings. The quantitative estimate of drug-likeness (QED) is 0.133. The van der Waals surface area contributed by atoms with Gasteiger partial charge in [0, 0.05) is 30.1 Å². The van der Waals surface area contributed by atoms with Gasteiger partial charge in [-0.3, -0.25) is 9.59 Å². The van der Waals surface area contributed by atoms with Crippen molar-refractivity contribution in [2.24, 2.45) is 41.4 Å². The number of carboxylic acids is 1. The second kappa shape index (κ2) is 18.5. The lowest BCUT2D eigenvalue weighted by atomic mass is 9.72. The molecule has 5 rings (SSSR count). The van der Waals surface area contributed by atoms with Crippen molar-refractivity contribution in [3.8, 4) is 0 Å². The minimum Gasteiger partial charge on any atom is -0.481 e. The van der Waals surface area contributed by atoms with Crippen molar-refractivity contribution < 1.29 is 58.1 Å². The lowest BCUT2D eigenvalue weighted by molar-refractivity contribution is -0.398. The summed E-state index contributed by atoms with van der Waals surface area (Å²) in [5, 5.41) is 35.8. The molecular formula is C45H75NO12. The Balaban J connectivity index is 1.38. The van der Waals surface area contributed by atoms with Gasteiger partial charge in [-0.25, -0.2) is 4.79 Å². The number of aliphatic hydroxyl groups is 2. The number of aliphatic carboxylic acids is 1. The lowest BCUT2D eigenvalue weighted by Gasteiger charge is -2.55. The molecule has 332 valence electrons. The molecule has 5 aliphatic heterocycles. The zero-order valence-electron chi connectivity index (χ0n) is 37.0. The Kier molecular flexibility index (Phi) is 14.9. The monoisotopic (exact) mass is 822 g/mol. The number of ether oxygens (including phenoxy) is 6. The fourth-order valence-electron chi connectivity index (χ4n) is 11.0. The highest BCUT2D eigenvalue weighted by Gasteiger charge is 2.63. The first kappa shape index (κ1) is 46.9. The molecular weight excluding hydrogens is 746 g/mol. The highest BCUT2D eigenvalue weighted by molar-refractivity contribution is 5.84. The number of Topliss-reactive ketones (excluding diaryl/α,β-unsaturated/α-hetero) is 1. The fourth-order valence-corrected chi connectivity index (χ4v) is 11.0. The third-order valence-corrected chi connectivity index (χ3v) is 15.0. The Morgan fingerprint density at radius 3 is 2.19 bits per heavy atom. The molecule has 58 heavy (non-hydrogen) atoms. The molecule has 5 heterocycles. The van der Waals surface area contributed by atoms with Crippen LogP contribution in [0.5, 0.6) is 0 Å². The van der Waals surface area contributed by atoms with E-state index < -0.39 is 95.1 Å². The van der Waals surface area contributed by atoms with Crippen molar-refractivity contribution in [3.63, 3.8) is 0 Å². The molecule has 0 aromatic rings. The maximum Gasteiger partial charge on any atom is 0.407 e. The van der Waals surface area contributed by atoms with Gasteiger partial charge in [0.25, 0.3) is 0 Å². The van der Waals surface area contributed by atoms with Crippen molar-refractivity contribution in [1.29, 1.82) is 0 Å². The summed E-state index contributed by atoms with van der Waals surface area (Å²) in [5.74, 6) is -6.02. The van der Waals surface area contributed by atoms with E-state index in [-0.39, 0.29) is 36.2 Å². The van der Waals surface area contributed by atoms with Crippen LogP contribution in [0.2, 0.25) is 0 Å². The van der Waals surface area contributed by atoms with E-state index in [0.29, 0.717) is 57.8 Å². The van der Waals surface area contributed by atoms with E-state index in [1.54, 1.807) is 13.8 Å². The van der Waals surface area contributed by atoms with Crippen LogP contribution in [0.3, 0.4) is 0 Å². The number of carboxylic acid groups (broad SMARTS) is 1. The molecule has 5 aliphatic rings. The highest BCUT2D eigenvalue weighted by atomic mass is 16.8. The molecule has 2 spiro atoms. The number of rotatable bonds is 14. The number of amides is 1. The molecule has 1 amide bonds. The van der Waals surface area contributed by atoms with Crippen molar-refractivity contribution in [1.82, 2.24) is 5.32 Å². The first-order valence-electron chi connectivity index (χ1n) is 22.4. The molecule has 0 radical (unpaired) electrons. The molecule has 13 nitrogen and oxygen atoms in total. The van der Waals surface area contributed by atoms with Gasteiger partial charge in [0.2, 0.25) is 0 Å². The van der Waals surface area contributed by atoms with E-state index in [0.717, 1.165) is 6.42 Å². The van der Waals surface area contributed by atoms with Gasteiger partial charge in [-0.2, -0.15) is 0 Å². The number of carbonyl (C=O) groups is 3. The standard InChI is InChI=1S/C45H75NO12/c1-12-31(40(49)50)33-17-16-25(5)38(55-33)29(9)36(47)28(8)37(48)32(13-2)39-26(6)24-27(7)44(56-39)21-18-34(46-41(51)53-15-4)45(58-44)23-22-42(11,57-45)35-19-20-43(52,14-3)30(10)54-35/h18,21,25-36,38-39,47,52H,12-17,19-20,22-24H2,1-11H3,(H,46,51)(H,49,50)/t25-,26-,27+,28-,29-,30-,31?,32?,33+,34?,35+,36+,38+,39-,42-,43+,44-,45-/m0/s1. The number of aliphatic hydroxyl groups excluding tert-OH is 1. The van der Waals surface area contributed by atoms with Crippen LogP contribution in [0.15, 0.2) is 12.2 Å². The molecule has 0 aromatic heterocycles. The van der Waals surface area contributed by atoms with Crippen LogP contribution in [-0.2, 0) is 38.0 Å². The van der Waals surface area contributed by atoms with Gasteiger partial charge in [-0.05, 0) is 96.5 Å². The van der Waals surface area contributed by atoms with Gasteiger partial charge in [-0.15, -0.1) is 0 Å². The van der Waals surface area contributed by atoms with E-state index in [1.807, 2.05) is 53.7 Å². The van der Waals surface area contributed by atoms with Gasteiger partial charge in [0.1, 0.15) is 11.8 Å². The number of carbonyl (C=O) groups excluding carboxylic acids is 2. The van der Waals surface area contributed by atoms with Crippen molar-refractivity contribution in [2.75, 3.05) is 6.61 Å². The summed E-state index contributed by atoms with van der Waals surface area (Å²) >= 11 is 0. The van der Waals surface area contributed by atoms with Crippen LogP contribution in [0.4, 0.5) is 4.79 Å². The Morgan fingerprint density at radius 1 is 0.897 bits per heavy atom. The van der Waals surface area contributed by atoms with Crippen LogP contribution in [0.1, 0.15) is 140 Å². The first-order valence-corrected chi connectivity index (χ1v) is 22.4. The Morgan fingerprint density at radius 2 is 1.59 bits per heavy atom. The van der Waals surface area contributed by atoms with E-state index in [1.165, 1.54) is 0 Å². The zero-order valence-corrected chi connectivity index (χ0v) is 37.0. The number of alkyl carbamates (subject to hydrolysis) is 1. The number of hydrogen-bond donors (Lipinski definition) is 4. The second-order valence-electron chi connectivity index (χ2n) is 18.8. The van der Waals surface area contributed by atoms with Crippen LogP contribution >= 0.6 is 0 Å². The summed E-state index contributed by atoms with van der Waals surface area (Å²) in [6.07, 6.45) is 5.81. The summed E-state index contributed by atoms with van der Waals surface area (Å²) in [5.41, 5.74) is -1.71. The molecule has 4 saturated heterocycles. The van der Waals surface area contributed by atoms with Crippen LogP contribution in [-0.4, -0.2) is 105 Å². The molecule has 4 N–H and O–H groups in total. The van der Waals surface area contributed by atoms with E-state index >= 15 is 0 Å². The molecule has 3 unspecified atom stereocenters. The number of ketones is 1. The SMILES string of the molecule is CCOC(=O)NC1C=C[C@]2(O[C@H](C(CC)C(=O)[C@@H](C)[C@@H](O)[C@H](C)[C@@H]3O[C@@H](C(CC)C(=O)O)CC[C@@H]3C)[C@@H](C)C[C@H]2C)O[C@@]12CC[C@@](C)([C@H]1CC[C@](O)(CC)[C@H](C)O1)O2. The normalized spacial score (nSPS) is 43.0. The third-order valence-electron chi connectivity index (χ3n) is 15.0. The highest BCUT2D eigenvalue weighted by Crippen LogP contribution is 2.54. The average Bonchev–Trinajstić information content (AvgIpc) is 3.52. The average molecular weight is 822 g/mol. The topological polar surface area (TPSA) is 179 Å². The van der Waals surface area contributed by atoms with Crippen LogP contribution in [0, 0.1) is 41.4 Å². The van der Waals surface area contributed by atoms with E-state index in [4.69, 9.17) is 28.4 Å². The summed E-state index contributed by atoms with van der Waals surface area (Å²) in [6.45, 7) is 21.5. The lowest BCUT2D eigenvalue weighted by Crippen LogP contribution is -2.65. The fraction of sp³-hybridized carbons (Fsp3) is 0.889. The summed E-state index contributed by atoms with van der Waals surface area (Å²) in [6, 6.07) is -0.714. The van der Waals surface area contributed by atoms with Crippen molar-refractivity contribution >= 4 is 17.8 Å². The third kappa shape index (κ3) is 9.07. The molecule has 13 heteroatoms. The number of nitrogens with one attached hydrogen (secondary N) is 1.